The molecule has 1 aromatic carbocycles. The van der Waals surface area contributed by atoms with E-state index < -0.39 is 58.5 Å². The summed E-state index contributed by atoms with van der Waals surface area (Å²) in [5.74, 6) is -1.43. The Hall–Kier alpha value is -2.79. The zero-order valence-corrected chi connectivity index (χ0v) is 18.7. The zero-order chi connectivity index (χ0) is 23.2. The molecule has 0 saturated carbocycles. The van der Waals surface area contributed by atoms with Crippen molar-refractivity contribution >= 4 is 35.7 Å². The highest BCUT2D eigenvalue weighted by Crippen LogP contribution is 2.51. The number of ether oxygens (including phenoxy) is 3. The molecule has 3 aliphatic rings. The predicted molar refractivity (Wildman–Crippen MR) is 113 cm³/mol. The number of amides is 2. The average Bonchev–Trinajstić information content (AvgIpc) is 3.22. The SMILES string of the molecule is C[C@@H]1OC(=O)O[C@@H]1COC(=O)[C@@H]1N2C(=O)[C@H](NC(=O)[C@@H](N)c3ccccc3)[C@H]2SC1(C)C. The Morgan fingerprint density at radius 3 is 2.56 bits per heavy atom. The van der Waals surface area contributed by atoms with Crippen LogP contribution in [0.1, 0.15) is 32.4 Å². The first-order valence-corrected chi connectivity index (χ1v) is 11.1. The van der Waals surface area contributed by atoms with Gasteiger partial charge in [0, 0.05) is 4.75 Å². The van der Waals surface area contributed by atoms with Crippen molar-refractivity contribution in [3.05, 3.63) is 35.9 Å². The lowest BCUT2D eigenvalue weighted by atomic mass is 9.95. The van der Waals surface area contributed by atoms with Crippen LogP contribution in [-0.2, 0) is 28.6 Å². The quantitative estimate of drug-likeness (QED) is 0.461. The molecule has 1 aromatic rings. The molecule has 0 radical (unpaired) electrons. The van der Waals surface area contributed by atoms with E-state index in [9.17, 15) is 19.2 Å². The highest BCUT2D eigenvalue weighted by molar-refractivity contribution is 8.01. The van der Waals surface area contributed by atoms with Crippen LogP contribution in [0, 0.1) is 0 Å². The summed E-state index contributed by atoms with van der Waals surface area (Å²) in [6.45, 7) is 5.15. The third-order valence-electron chi connectivity index (χ3n) is 5.85. The fourth-order valence-electron chi connectivity index (χ4n) is 4.07. The second kappa shape index (κ2) is 8.28. The zero-order valence-electron chi connectivity index (χ0n) is 17.8. The Morgan fingerprint density at radius 1 is 1.25 bits per heavy atom. The van der Waals surface area contributed by atoms with Crippen LogP contribution in [0.3, 0.4) is 0 Å². The summed E-state index contributed by atoms with van der Waals surface area (Å²) in [6, 6.07) is 6.35. The molecule has 0 bridgehead atoms. The van der Waals surface area contributed by atoms with Crippen LogP contribution in [0.2, 0.25) is 0 Å². The molecule has 4 rings (SSSR count). The van der Waals surface area contributed by atoms with E-state index in [1.165, 1.54) is 16.7 Å². The monoisotopic (exact) mass is 463 g/mol. The van der Waals surface area contributed by atoms with Crippen LogP contribution in [0.25, 0.3) is 0 Å². The van der Waals surface area contributed by atoms with Gasteiger partial charge in [0.25, 0.3) is 0 Å². The number of cyclic esters (lactones) is 2. The number of carbonyl (C=O) groups excluding carboxylic acids is 4. The van der Waals surface area contributed by atoms with Crippen molar-refractivity contribution in [2.45, 2.75) is 61.2 Å². The number of benzene rings is 1. The molecule has 0 aromatic heterocycles. The Bertz CT molecular complexity index is 941. The third-order valence-corrected chi connectivity index (χ3v) is 7.42. The number of β-lactam (4-membered cyclic amide) rings is 1. The van der Waals surface area contributed by atoms with E-state index in [0.29, 0.717) is 5.56 Å². The van der Waals surface area contributed by atoms with Crippen LogP contribution in [0.15, 0.2) is 30.3 Å². The summed E-state index contributed by atoms with van der Waals surface area (Å²) in [6.07, 6.45) is -2.04. The van der Waals surface area contributed by atoms with Crippen LogP contribution < -0.4 is 11.1 Å². The molecule has 3 aliphatic heterocycles. The normalized spacial score (nSPS) is 31.1. The van der Waals surface area contributed by atoms with Crippen LogP contribution in [0.5, 0.6) is 0 Å². The van der Waals surface area contributed by atoms with E-state index >= 15 is 0 Å². The van der Waals surface area contributed by atoms with E-state index in [4.69, 9.17) is 19.9 Å². The van der Waals surface area contributed by atoms with Crippen molar-refractivity contribution in [1.29, 1.82) is 0 Å². The summed E-state index contributed by atoms with van der Waals surface area (Å²) in [5, 5.41) is 2.31. The summed E-state index contributed by atoms with van der Waals surface area (Å²) >= 11 is 1.41. The topological polar surface area (TPSA) is 137 Å². The summed E-state index contributed by atoms with van der Waals surface area (Å²) in [5.41, 5.74) is 6.67. The number of hydrogen-bond donors (Lipinski definition) is 2. The maximum atomic E-state index is 12.9. The molecule has 3 fully saturated rings. The number of rotatable bonds is 6. The molecule has 3 heterocycles. The molecular weight excluding hydrogens is 438 g/mol. The van der Waals surface area contributed by atoms with Gasteiger partial charge in [-0.2, -0.15) is 0 Å². The van der Waals surface area contributed by atoms with Crippen molar-refractivity contribution in [3.8, 4) is 0 Å². The molecule has 3 N–H and O–H groups in total. The molecule has 3 saturated heterocycles. The van der Waals surface area contributed by atoms with Crippen molar-refractivity contribution in [2.24, 2.45) is 5.73 Å². The van der Waals surface area contributed by atoms with Crippen LogP contribution in [-0.4, -0.2) is 69.9 Å². The van der Waals surface area contributed by atoms with Crippen LogP contribution in [0.4, 0.5) is 4.79 Å². The molecule has 172 valence electrons. The Labute approximate surface area is 189 Å². The van der Waals surface area contributed by atoms with Gasteiger partial charge in [-0.15, -0.1) is 11.8 Å². The molecule has 6 atom stereocenters. The largest absolute Gasteiger partial charge is 0.509 e. The van der Waals surface area contributed by atoms with Gasteiger partial charge in [0.2, 0.25) is 11.8 Å². The molecular formula is C21H25N3O7S. The van der Waals surface area contributed by atoms with Gasteiger partial charge in [0.1, 0.15) is 36.2 Å². The Balaban J connectivity index is 1.39. The van der Waals surface area contributed by atoms with Gasteiger partial charge < -0.3 is 30.2 Å². The summed E-state index contributed by atoms with van der Waals surface area (Å²) < 4.78 is 14.5. The van der Waals surface area contributed by atoms with Gasteiger partial charge in [0.05, 0.1) is 0 Å². The lowest BCUT2D eigenvalue weighted by Crippen LogP contribution is -2.71. The van der Waals surface area contributed by atoms with Crippen molar-refractivity contribution < 1.29 is 33.4 Å². The molecule has 32 heavy (non-hydrogen) atoms. The molecule has 0 spiro atoms. The van der Waals surface area contributed by atoms with E-state index in [-0.39, 0.29) is 12.5 Å². The maximum Gasteiger partial charge on any atom is 0.509 e. The number of nitrogens with two attached hydrogens (primary N) is 1. The van der Waals surface area contributed by atoms with Gasteiger partial charge in [-0.3, -0.25) is 9.59 Å². The van der Waals surface area contributed by atoms with Crippen LogP contribution >= 0.6 is 11.8 Å². The smallest absolute Gasteiger partial charge is 0.460 e. The number of thioether (sulfide) groups is 1. The minimum absolute atomic E-state index is 0.165. The predicted octanol–water partition coefficient (Wildman–Crippen LogP) is 0.701. The van der Waals surface area contributed by atoms with Gasteiger partial charge in [-0.05, 0) is 26.3 Å². The van der Waals surface area contributed by atoms with E-state index in [0.717, 1.165) is 0 Å². The van der Waals surface area contributed by atoms with E-state index in [2.05, 4.69) is 5.32 Å². The minimum atomic E-state index is -0.906. The average molecular weight is 464 g/mol. The maximum absolute atomic E-state index is 12.9. The molecule has 11 heteroatoms. The first-order chi connectivity index (χ1) is 15.1. The molecule has 2 amide bonds. The fourth-order valence-corrected chi connectivity index (χ4v) is 5.69. The molecule has 10 nitrogen and oxygen atoms in total. The third kappa shape index (κ3) is 3.90. The number of carbonyl (C=O) groups is 4. The second-order valence-corrected chi connectivity index (χ2v) is 10.3. The number of nitrogens with one attached hydrogen (secondary N) is 1. The van der Waals surface area contributed by atoms with Gasteiger partial charge in [0.15, 0.2) is 6.10 Å². The second-order valence-electron chi connectivity index (χ2n) is 8.49. The molecule has 0 unspecified atom stereocenters. The van der Waals surface area contributed by atoms with Crippen molar-refractivity contribution in [3.63, 3.8) is 0 Å². The highest BCUT2D eigenvalue weighted by Gasteiger charge is 2.64. The molecule has 0 aliphatic carbocycles. The lowest BCUT2D eigenvalue weighted by Gasteiger charge is -2.44. The highest BCUT2D eigenvalue weighted by atomic mass is 32.2. The van der Waals surface area contributed by atoms with Gasteiger partial charge in [-0.1, -0.05) is 30.3 Å². The number of fused-ring (bicyclic) bond motifs is 1. The standard InChI is InChI=1S/C21H25N3O7S/c1-10-12(31-20(28)30-10)9-29-19(27)15-21(2,3)32-18-14(17(26)24(15)18)23-16(25)13(22)11-7-5-4-6-8-11/h4-8,10,12-15,18H,9,22H2,1-3H3,(H,23,25)/t10-,12+,13-,14-,15-,18+/m0/s1. The van der Waals surface area contributed by atoms with Gasteiger partial charge in [-0.25, -0.2) is 9.59 Å². The number of nitrogens with zero attached hydrogens (tertiary/aromatic N) is 1. The number of hydrogen-bond acceptors (Lipinski definition) is 9. The van der Waals surface area contributed by atoms with Gasteiger partial charge >= 0.3 is 12.1 Å². The summed E-state index contributed by atoms with van der Waals surface area (Å²) in [7, 11) is 0. The van der Waals surface area contributed by atoms with Crippen molar-refractivity contribution in [2.75, 3.05) is 6.61 Å². The van der Waals surface area contributed by atoms with E-state index in [1.807, 2.05) is 19.9 Å². The Kier molecular flexibility index (Phi) is 5.80. The van der Waals surface area contributed by atoms with Crippen molar-refractivity contribution in [1.82, 2.24) is 10.2 Å². The first kappa shape index (κ1) is 22.4. The first-order valence-electron chi connectivity index (χ1n) is 10.2. The summed E-state index contributed by atoms with van der Waals surface area (Å²) in [4.78, 5) is 50.9. The van der Waals surface area contributed by atoms with E-state index in [1.54, 1.807) is 31.2 Å². The minimum Gasteiger partial charge on any atom is -0.460 e. The Morgan fingerprint density at radius 2 is 1.94 bits per heavy atom. The fraction of sp³-hybridized carbons (Fsp3) is 0.524. The number of esters is 1. The lowest BCUT2D eigenvalue weighted by molar-refractivity contribution is -0.166.